The lowest BCUT2D eigenvalue weighted by Crippen LogP contribution is -2.38. The van der Waals surface area contributed by atoms with Gasteiger partial charge in [-0.15, -0.1) is 24.0 Å². The van der Waals surface area contributed by atoms with E-state index in [0.717, 1.165) is 35.6 Å². The van der Waals surface area contributed by atoms with Crippen LogP contribution in [0.5, 0.6) is 0 Å². The molecule has 0 aliphatic carbocycles. The van der Waals surface area contributed by atoms with Crippen molar-refractivity contribution in [3.63, 3.8) is 0 Å². The minimum atomic E-state index is 0. The van der Waals surface area contributed by atoms with E-state index < -0.39 is 0 Å². The van der Waals surface area contributed by atoms with Gasteiger partial charge in [0, 0.05) is 58.5 Å². The van der Waals surface area contributed by atoms with E-state index in [4.69, 9.17) is 11.6 Å². The number of imidazole rings is 1. The van der Waals surface area contributed by atoms with Gasteiger partial charge in [-0.05, 0) is 24.1 Å². The molecule has 1 N–H and O–H groups in total. The zero-order valence-corrected chi connectivity index (χ0v) is 20.3. The Labute approximate surface area is 194 Å². The summed E-state index contributed by atoms with van der Waals surface area (Å²) in [5, 5.41) is 4.19. The number of aryl methyl sites for hydroxylation is 2. The van der Waals surface area contributed by atoms with Crippen molar-refractivity contribution in [3.05, 3.63) is 76.6 Å². The molecule has 3 rings (SSSR count). The highest BCUT2D eigenvalue weighted by molar-refractivity contribution is 14.0. The van der Waals surface area contributed by atoms with Crippen LogP contribution in [-0.2, 0) is 26.7 Å². The number of halogens is 2. The first-order valence-electron chi connectivity index (χ1n) is 9.24. The molecule has 3 aromatic rings. The topological polar surface area (TPSA) is 50.4 Å². The van der Waals surface area contributed by atoms with E-state index in [1.54, 1.807) is 7.05 Å². The Morgan fingerprint density at radius 3 is 2.66 bits per heavy atom. The van der Waals surface area contributed by atoms with E-state index in [1.807, 2.05) is 50.2 Å². The highest BCUT2D eigenvalue weighted by Gasteiger charge is 2.10. The largest absolute Gasteiger partial charge is 0.352 e. The van der Waals surface area contributed by atoms with Crippen LogP contribution in [0.2, 0.25) is 5.02 Å². The van der Waals surface area contributed by atoms with Crippen molar-refractivity contribution in [1.29, 1.82) is 0 Å². The molecular weight excluding hydrogens is 499 g/mol. The van der Waals surface area contributed by atoms with E-state index in [9.17, 15) is 0 Å². The zero-order chi connectivity index (χ0) is 20.1. The number of benzene rings is 1. The molecule has 0 aliphatic heterocycles. The Morgan fingerprint density at radius 2 is 2.03 bits per heavy atom. The first kappa shape index (κ1) is 23.3. The Balaban J connectivity index is 0.00000300. The number of nitrogens with zero attached hydrogens (tertiary/aromatic N) is 5. The van der Waals surface area contributed by atoms with E-state index in [1.165, 1.54) is 11.1 Å². The standard InChI is InChI=1S/C21H27ClN6.HI/c1-16-24-8-9-28(16)13-18-7-5-6-17(10-18)12-25-21(23-2)27(4)15-20-11-19(22)14-26(20)3;/h5-11,14H,12-13,15H2,1-4H3,(H,23,25);1H. The fourth-order valence-electron chi connectivity index (χ4n) is 3.21. The van der Waals surface area contributed by atoms with Gasteiger partial charge in [0.15, 0.2) is 5.96 Å². The van der Waals surface area contributed by atoms with E-state index in [2.05, 4.69) is 49.0 Å². The van der Waals surface area contributed by atoms with Crippen LogP contribution in [0.25, 0.3) is 0 Å². The minimum Gasteiger partial charge on any atom is -0.352 e. The van der Waals surface area contributed by atoms with Crippen LogP contribution < -0.4 is 5.32 Å². The number of nitrogens with one attached hydrogen (secondary N) is 1. The third-order valence-corrected chi connectivity index (χ3v) is 4.97. The lowest BCUT2D eigenvalue weighted by Gasteiger charge is -2.22. The highest BCUT2D eigenvalue weighted by atomic mass is 127. The summed E-state index contributed by atoms with van der Waals surface area (Å²) in [5.41, 5.74) is 3.60. The van der Waals surface area contributed by atoms with Crippen molar-refractivity contribution in [2.45, 2.75) is 26.6 Å². The summed E-state index contributed by atoms with van der Waals surface area (Å²) >= 11 is 6.09. The first-order chi connectivity index (χ1) is 13.5. The normalized spacial score (nSPS) is 11.3. The molecule has 29 heavy (non-hydrogen) atoms. The molecule has 8 heteroatoms. The molecule has 0 aliphatic rings. The summed E-state index contributed by atoms with van der Waals surface area (Å²) in [6, 6.07) is 10.6. The van der Waals surface area contributed by atoms with Crippen LogP contribution in [0, 0.1) is 6.92 Å². The Kier molecular flexibility index (Phi) is 8.58. The van der Waals surface area contributed by atoms with E-state index in [0.29, 0.717) is 6.54 Å². The molecule has 0 unspecified atom stereocenters. The monoisotopic (exact) mass is 526 g/mol. The third-order valence-electron chi connectivity index (χ3n) is 4.77. The van der Waals surface area contributed by atoms with E-state index in [-0.39, 0.29) is 24.0 Å². The SMILES string of the molecule is CN=C(NCc1cccc(Cn2ccnc2C)c1)N(C)Cc1cc(Cl)cn1C.I. The summed E-state index contributed by atoms with van der Waals surface area (Å²) in [4.78, 5) is 10.8. The van der Waals surface area contributed by atoms with Crippen molar-refractivity contribution in [3.8, 4) is 0 Å². The van der Waals surface area contributed by atoms with Gasteiger partial charge in [-0.3, -0.25) is 4.99 Å². The molecule has 0 saturated heterocycles. The van der Waals surface area contributed by atoms with Crippen LogP contribution in [0.1, 0.15) is 22.6 Å². The van der Waals surface area contributed by atoms with Gasteiger partial charge in [-0.25, -0.2) is 4.98 Å². The summed E-state index contributed by atoms with van der Waals surface area (Å²) in [7, 11) is 5.82. The molecule has 0 radical (unpaired) electrons. The third kappa shape index (κ3) is 6.24. The fraction of sp³-hybridized carbons (Fsp3) is 0.333. The van der Waals surface area contributed by atoms with Crippen molar-refractivity contribution in [1.82, 2.24) is 24.3 Å². The maximum atomic E-state index is 6.09. The Bertz CT molecular complexity index is 962. The zero-order valence-electron chi connectivity index (χ0n) is 17.3. The second-order valence-corrected chi connectivity index (χ2v) is 7.38. The van der Waals surface area contributed by atoms with Crippen molar-refractivity contribution < 1.29 is 0 Å². The molecule has 2 aromatic heterocycles. The van der Waals surface area contributed by atoms with Crippen molar-refractivity contribution in [2.75, 3.05) is 14.1 Å². The molecular formula is C21H28ClIN6. The van der Waals surface area contributed by atoms with Gasteiger partial charge >= 0.3 is 0 Å². The van der Waals surface area contributed by atoms with Crippen LogP contribution >= 0.6 is 35.6 Å². The maximum Gasteiger partial charge on any atom is 0.194 e. The Morgan fingerprint density at radius 1 is 1.28 bits per heavy atom. The second kappa shape index (κ2) is 10.7. The molecule has 0 fully saturated rings. The van der Waals surface area contributed by atoms with Crippen molar-refractivity contribution >= 4 is 41.5 Å². The van der Waals surface area contributed by atoms with Gasteiger partial charge in [-0.1, -0.05) is 35.9 Å². The van der Waals surface area contributed by atoms with Crippen LogP contribution in [0.15, 0.2) is 53.9 Å². The van der Waals surface area contributed by atoms with Crippen LogP contribution in [0.3, 0.4) is 0 Å². The summed E-state index contributed by atoms with van der Waals surface area (Å²) in [6.07, 6.45) is 5.75. The molecule has 0 spiro atoms. The molecule has 0 atom stereocenters. The molecule has 1 aromatic carbocycles. The average molecular weight is 527 g/mol. The van der Waals surface area contributed by atoms with Gasteiger partial charge in [0.1, 0.15) is 5.82 Å². The van der Waals surface area contributed by atoms with E-state index >= 15 is 0 Å². The summed E-state index contributed by atoms with van der Waals surface area (Å²) in [6.45, 7) is 4.28. The van der Waals surface area contributed by atoms with Crippen LogP contribution in [0.4, 0.5) is 0 Å². The fourth-order valence-corrected chi connectivity index (χ4v) is 3.48. The smallest absolute Gasteiger partial charge is 0.194 e. The number of hydrogen-bond donors (Lipinski definition) is 1. The first-order valence-corrected chi connectivity index (χ1v) is 9.62. The lowest BCUT2D eigenvalue weighted by molar-refractivity contribution is 0.461. The molecule has 0 amide bonds. The number of rotatable bonds is 6. The van der Waals surface area contributed by atoms with Crippen LogP contribution in [-0.4, -0.2) is 39.1 Å². The maximum absolute atomic E-state index is 6.09. The molecule has 6 nitrogen and oxygen atoms in total. The van der Waals surface area contributed by atoms with Crippen molar-refractivity contribution in [2.24, 2.45) is 12.0 Å². The predicted molar refractivity (Wildman–Crippen MR) is 130 cm³/mol. The van der Waals surface area contributed by atoms with Gasteiger partial charge in [-0.2, -0.15) is 0 Å². The number of aromatic nitrogens is 3. The number of hydrogen-bond acceptors (Lipinski definition) is 2. The molecule has 0 saturated carbocycles. The molecule has 2 heterocycles. The quantitative estimate of drug-likeness (QED) is 0.299. The summed E-state index contributed by atoms with van der Waals surface area (Å²) in [5.74, 6) is 1.86. The summed E-state index contributed by atoms with van der Waals surface area (Å²) < 4.78 is 4.18. The number of aliphatic imine (C=N–C) groups is 1. The minimum absolute atomic E-state index is 0. The average Bonchev–Trinajstić information content (AvgIpc) is 3.20. The molecule has 156 valence electrons. The predicted octanol–water partition coefficient (Wildman–Crippen LogP) is 4.06. The molecule has 0 bridgehead atoms. The lowest BCUT2D eigenvalue weighted by atomic mass is 10.1. The second-order valence-electron chi connectivity index (χ2n) is 6.94. The highest BCUT2D eigenvalue weighted by Crippen LogP contribution is 2.14. The number of guanidine groups is 1. The van der Waals surface area contributed by atoms with Gasteiger partial charge in [0.25, 0.3) is 0 Å². The van der Waals surface area contributed by atoms with Gasteiger partial charge in [0.2, 0.25) is 0 Å². The van der Waals surface area contributed by atoms with Gasteiger partial charge in [0.05, 0.1) is 11.6 Å². The van der Waals surface area contributed by atoms with Gasteiger partial charge < -0.3 is 19.4 Å². The Hall–Kier alpha value is -2.00.